The molecule has 1 N–H and O–H groups in total. The van der Waals surface area contributed by atoms with E-state index in [-0.39, 0.29) is 17.6 Å². The molecule has 0 aliphatic carbocycles. The summed E-state index contributed by atoms with van der Waals surface area (Å²) in [6, 6.07) is 7.82. The highest BCUT2D eigenvalue weighted by Gasteiger charge is 2.29. The number of unbranched alkanes of at least 4 members (excludes halogenated alkanes) is 1. The number of fused-ring (bicyclic) bond motifs is 1. The molecular formula is C14H17NO2. The second kappa shape index (κ2) is 5.13. The monoisotopic (exact) mass is 231 g/mol. The predicted octanol–water partition coefficient (Wildman–Crippen LogP) is 2.87. The Morgan fingerprint density at radius 1 is 1.29 bits per heavy atom. The summed E-state index contributed by atoms with van der Waals surface area (Å²) in [6.07, 6.45) is 3.25. The first-order chi connectivity index (χ1) is 8.18. The summed E-state index contributed by atoms with van der Waals surface area (Å²) in [4.78, 5) is 22.6. The molecule has 0 spiro atoms. The fourth-order valence-corrected chi connectivity index (χ4v) is 2.28. The van der Waals surface area contributed by atoms with Gasteiger partial charge in [-0.05, 0) is 31.4 Å². The number of nitrogens with one attached hydrogen (secondary N) is 1. The van der Waals surface area contributed by atoms with Gasteiger partial charge in [-0.3, -0.25) is 4.79 Å². The molecule has 3 heteroatoms. The fraction of sp³-hybridized carbons (Fsp3) is 0.429. The van der Waals surface area contributed by atoms with E-state index in [4.69, 9.17) is 0 Å². The Morgan fingerprint density at radius 3 is 2.82 bits per heavy atom. The summed E-state index contributed by atoms with van der Waals surface area (Å²) in [5, 5.41) is 2.89. The molecule has 0 saturated carbocycles. The average Bonchev–Trinajstić information content (AvgIpc) is 2.60. The van der Waals surface area contributed by atoms with E-state index in [1.54, 1.807) is 6.92 Å². The third-order valence-electron chi connectivity index (χ3n) is 3.18. The van der Waals surface area contributed by atoms with Gasteiger partial charge in [0.1, 0.15) is 5.78 Å². The van der Waals surface area contributed by atoms with Crippen LogP contribution in [0.2, 0.25) is 0 Å². The van der Waals surface area contributed by atoms with E-state index in [1.807, 2.05) is 24.3 Å². The maximum Gasteiger partial charge on any atom is 0.232 e. The Morgan fingerprint density at radius 2 is 2.06 bits per heavy atom. The number of benzene rings is 1. The van der Waals surface area contributed by atoms with Crippen LogP contribution in [0.5, 0.6) is 0 Å². The Balaban J connectivity index is 1.93. The molecule has 1 aromatic carbocycles. The standard InChI is InChI=1S/C14H17NO2/c1-10(16)6-2-3-8-12-11-7-4-5-9-13(11)15-14(12)17/h4-5,7,9,12H,2-3,6,8H2,1H3,(H,15,17). The van der Waals surface area contributed by atoms with E-state index in [9.17, 15) is 9.59 Å². The zero-order chi connectivity index (χ0) is 12.3. The first-order valence-corrected chi connectivity index (χ1v) is 6.07. The van der Waals surface area contributed by atoms with Gasteiger partial charge >= 0.3 is 0 Å². The van der Waals surface area contributed by atoms with E-state index in [1.165, 1.54) is 0 Å². The van der Waals surface area contributed by atoms with Crippen molar-refractivity contribution >= 4 is 17.4 Å². The van der Waals surface area contributed by atoms with Crippen LogP contribution < -0.4 is 5.32 Å². The normalized spacial score (nSPS) is 17.7. The minimum atomic E-state index is -0.0295. The summed E-state index contributed by atoms with van der Waals surface area (Å²) in [5.41, 5.74) is 2.04. The number of amides is 1. The number of rotatable bonds is 5. The van der Waals surface area contributed by atoms with Crippen molar-refractivity contribution in [2.75, 3.05) is 5.32 Å². The molecule has 1 unspecified atom stereocenters. The molecule has 0 aromatic heterocycles. The van der Waals surface area contributed by atoms with Gasteiger partial charge in [-0.1, -0.05) is 24.6 Å². The number of ketones is 1. The molecule has 0 fully saturated rings. The lowest BCUT2D eigenvalue weighted by molar-refractivity contribution is -0.117. The molecule has 2 rings (SSSR count). The second-order valence-electron chi connectivity index (χ2n) is 4.58. The van der Waals surface area contributed by atoms with Gasteiger partial charge in [0.2, 0.25) is 5.91 Å². The van der Waals surface area contributed by atoms with E-state index >= 15 is 0 Å². The van der Waals surface area contributed by atoms with Crippen molar-refractivity contribution in [3.63, 3.8) is 0 Å². The molecule has 1 amide bonds. The number of para-hydroxylation sites is 1. The molecule has 1 aliphatic rings. The highest BCUT2D eigenvalue weighted by Crippen LogP contribution is 2.35. The molecule has 3 nitrogen and oxygen atoms in total. The first kappa shape index (κ1) is 11.8. The summed E-state index contributed by atoms with van der Waals surface area (Å²) in [5.74, 6) is 0.286. The Labute approximate surface area is 101 Å². The van der Waals surface area contributed by atoms with Gasteiger partial charge in [-0.25, -0.2) is 0 Å². The third kappa shape index (κ3) is 2.73. The minimum absolute atomic E-state index is 0.0295. The van der Waals surface area contributed by atoms with Crippen LogP contribution in [0.4, 0.5) is 5.69 Å². The van der Waals surface area contributed by atoms with Crippen molar-refractivity contribution in [2.45, 2.75) is 38.5 Å². The number of anilines is 1. The van der Waals surface area contributed by atoms with Crippen LogP contribution in [0.3, 0.4) is 0 Å². The number of hydrogen-bond acceptors (Lipinski definition) is 2. The van der Waals surface area contributed by atoms with Crippen LogP contribution in [0.25, 0.3) is 0 Å². The number of Topliss-reactive ketones (excluding diaryl/α,β-unsaturated/α-hetero) is 1. The van der Waals surface area contributed by atoms with Gasteiger partial charge in [0.15, 0.2) is 0 Å². The lowest BCUT2D eigenvalue weighted by Crippen LogP contribution is -2.11. The topological polar surface area (TPSA) is 46.2 Å². The van der Waals surface area contributed by atoms with Crippen LogP contribution in [-0.2, 0) is 9.59 Å². The Kier molecular flexibility index (Phi) is 3.57. The maximum atomic E-state index is 11.8. The zero-order valence-electron chi connectivity index (χ0n) is 10.0. The molecule has 17 heavy (non-hydrogen) atoms. The number of carbonyl (C=O) groups excluding carboxylic acids is 2. The molecule has 90 valence electrons. The van der Waals surface area contributed by atoms with Gasteiger partial charge in [0.25, 0.3) is 0 Å². The van der Waals surface area contributed by atoms with Gasteiger partial charge < -0.3 is 10.1 Å². The maximum absolute atomic E-state index is 11.8. The SMILES string of the molecule is CC(=O)CCCCC1C(=O)Nc2ccccc21. The van der Waals surface area contributed by atoms with E-state index in [0.29, 0.717) is 6.42 Å². The van der Waals surface area contributed by atoms with E-state index in [2.05, 4.69) is 5.32 Å². The van der Waals surface area contributed by atoms with Gasteiger partial charge in [0, 0.05) is 12.1 Å². The van der Waals surface area contributed by atoms with Crippen LogP contribution in [-0.4, -0.2) is 11.7 Å². The first-order valence-electron chi connectivity index (χ1n) is 6.07. The summed E-state index contributed by atoms with van der Waals surface area (Å²) in [6.45, 7) is 1.61. The van der Waals surface area contributed by atoms with Gasteiger partial charge in [-0.15, -0.1) is 0 Å². The van der Waals surface area contributed by atoms with Crippen LogP contribution >= 0.6 is 0 Å². The van der Waals surface area contributed by atoms with E-state index in [0.717, 1.165) is 30.5 Å². The lowest BCUT2D eigenvalue weighted by atomic mass is 9.94. The molecule has 0 saturated heterocycles. The molecule has 1 aromatic rings. The lowest BCUT2D eigenvalue weighted by Gasteiger charge is -2.07. The number of hydrogen-bond donors (Lipinski definition) is 1. The van der Waals surface area contributed by atoms with Crippen LogP contribution in [0, 0.1) is 0 Å². The van der Waals surface area contributed by atoms with Gasteiger partial charge in [0.05, 0.1) is 5.92 Å². The zero-order valence-corrected chi connectivity index (χ0v) is 10.0. The van der Waals surface area contributed by atoms with Crippen LogP contribution in [0.1, 0.15) is 44.1 Å². The van der Waals surface area contributed by atoms with Crippen molar-refractivity contribution in [2.24, 2.45) is 0 Å². The predicted molar refractivity (Wildman–Crippen MR) is 67.0 cm³/mol. The molecule has 1 atom stereocenters. The molecular weight excluding hydrogens is 214 g/mol. The highest BCUT2D eigenvalue weighted by molar-refractivity contribution is 6.02. The summed E-state index contributed by atoms with van der Waals surface area (Å²) in [7, 11) is 0. The molecule has 1 aliphatic heterocycles. The molecule has 0 bridgehead atoms. The minimum Gasteiger partial charge on any atom is -0.325 e. The second-order valence-corrected chi connectivity index (χ2v) is 4.58. The van der Waals surface area contributed by atoms with Crippen molar-refractivity contribution in [1.29, 1.82) is 0 Å². The average molecular weight is 231 g/mol. The Hall–Kier alpha value is -1.64. The molecule has 0 radical (unpaired) electrons. The quantitative estimate of drug-likeness (QED) is 0.792. The third-order valence-corrected chi connectivity index (χ3v) is 3.18. The van der Waals surface area contributed by atoms with Crippen LogP contribution in [0.15, 0.2) is 24.3 Å². The highest BCUT2D eigenvalue weighted by atomic mass is 16.2. The van der Waals surface area contributed by atoms with Gasteiger partial charge in [-0.2, -0.15) is 0 Å². The largest absolute Gasteiger partial charge is 0.325 e. The molecule has 1 heterocycles. The number of carbonyl (C=O) groups is 2. The van der Waals surface area contributed by atoms with Crippen molar-refractivity contribution < 1.29 is 9.59 Å². The fourth-order valence-electron chi connectivity index (χ4n) is 2.28. The van der Waals surface area contributed by atoms with Crippen molar-refractivity contribution in [3.05, 3.63) is 29.8 Å². The van der Waals surface area contributed by atoms with E-state index < -0.39 is 0 Å². The van der Waals surface area contributed by atoms with Crippen molar-refractivity contribution in [1.82, 2.24) is 0 Å². The van der Waals surface area contributed by atoms with Crippen molar-refractivity contribution in [3.8, 4) is 0 Å². The summed E-state index contributed by atoms with van der Waals surface area (Å²) < 4.78 is 0. The Bertz CT molecular complexity index is 440. The smallest absolute Gasteiger partial charge is 0.232 e. The summed E-state index contributed by atoms with van der Waals surface area (Å²) >= 11 is 0.